The number of likely N-dealkylation sites (N-methyl/N-ethyl adjacent to an activating group) is 1. The van der Waals surface area contributed by atoms with Crippen LogP contribution in [0, 0.1) is 0 Å². The van der Waals surface area contributed by atoms with Crippen molar-refractivity contribution < 1.29 is 5.11 Å². The smallest absolute Gasteiger partial charge is 0.0802 e. The van der Waals surface area contributed by atoms with E-state index in [1.165, 1.54) is 5.56 Å². The number of hydrogen-bond acceptors (Lipinski definition) is 2. The maximum absolute atomic E-state index is 9.46. The highest BCUT2D eigenvalue weighted by molar-refractivity contribution is 6.18. The summed E-state index contributed by atoms with van der Waals surface area (Å²) in [7, 11) is 0. The van der Waals surface area contributed by atoms with Crippen molar-refractivity contribution >= 4 is 11.6 Å². The van der Waals surface area contributed by atoms with Crippen LogP contribution in [0.15, 0.2) is 30.3 Å². The van der Waals surface area contributed by atoms with Crippen LogP contribution >= 0.6 is 11.6 Å². The van der Waals surface area contributed by atoms with Gasteiger partial charge in [0, 0.05) is 19.0 Å². The highest BCUT2D eigenvalue weighted by atomic mass is 35.5. The SMILES string of the molecule is CCN(Cc1ccccc1)CC(O)CCl. The standard InChI is InChI=1S/C12H18ClNO/c1-2-14(10-12(15)8-13)9-11-6-4-3-5-7-11/h3-7,12,15H,2,8-10H2,1H3. The predicted molar refractivity (Wildman–Crippen MR) is 64.1 cm³/mol. The summed E-state index contributed by atoms with van der Waals surface area (Å²) in [5.74, 6) is 0.297. The lowest BCUT2D eigenvalue weighted by Gasteiger charge is -2.22. The molecule has 0 aliphatic heterocycles. The maximum atomic E-state index is 9.46. The second-order valence-corrected chi connectivity index (χ2v) is 3.93. The van der Waals surface area contributed by atoms with Crippen molar-refractivity contribution in [1.29, 1.82) is 0 Å². The second-order valence-electron chi connectivity index (χ2n) is 3.62. The van der Waals surface area contributed by atoms with Crippen molar-refractivity contribution in [3.8, 4) is 0 Å². The molecule has 1 aromatic rings. The molecule has 0 aliphatic rings. The van der Waals surface area contributed by atoms with Crippen LogP contribution in [0.4, 0.5) is 0 Å². The van der Waals surface area contributed by atoms with Gasteiger partial charge in [0.05, 0.1) is 6.10 Å². The van der Waals surface area contributed by atoms with E-state index in [4.69, 9.17) is 11.6 Å². The lowest BCUT2D eigenvalue weighted by molar-refractivity contribution is 0.128. The molecule has 0 amide bonds. The quantitative estimate of drug-likeness (QED) is 0.753. The Morgan fingerprint density at radius 3 is 2.53 bits per heavy atom. The molecule has 1 N–H and O–H groups in total. The Labute approximate surface area is 96.5 Å². The summed E-state index contributed by atoms with van der Waals surface area (Å²) < 4.78 is 0. The molecular weight excluding hydrogens is 210 g/mol. The number of aliphatic hydroxyl groups excluding tert-OH is 1. The van der Waals surface area contributed by atoms with Crippen LogP contribution in [0.1, 0.15) is 12.5 Å². The van der Waals surface area contributed by atoms with Gasteiger partial charge in [-0.25, -0.2) is 0 Å². The molecule has 1 rings (SSSR count). The molecule has 0 saturated heterocycles. The molecule has 0 radical (unpaired) electrons. The Morgan fingerprint density at radius 2 is 2.00 bits per heavy atom. The Balaban J connectivity index is 2.47. The molecule has 1 atom stereocenters. The maximum Gasteiger partial charge on any atom is 0.0802 e. The summed E-state index contributed by atoms with van der Waals surface area (Å²) >= 11 is 5.58. The van der Waals surface area contributed by atoms with Crippen molar-refractivity contribution in [3.63, 3.8) is 0 Å². The topological polar surface area (TPSA) is 23.5 Å². The van der Waals surface area contributed by atoms with Crippen LogP contribution in [-0.4, -0.2) is 35.1 Å². The van der Waals surface area contributed by atoms with Gasteiger partial charge in [0.2, 0.25) is 0 Å². The van der Waals surface area contributed by atoms with E-state index in [0.717, 1.165) is 13.1 Å². The van der Waals surface area contributed by atoms with Gasteiger partial charge >= 0.3 is 0 Å². The highest BCUT2D eigenvalue weighted by Gasteiger charge is 2.09. The molecule has 0 saturated carbocycles. The monoisotopic (exact) mass is 227 g/mol. The van der Waals surface area contributed by atoms with E-state index in [-0.39, 0.29) is 0 Å². The molecule has 0 fully saturated rings. The van der Waals surface area contributed by atoms with Crippen LogP contribution in [-0.2, 0) is 6.54 Å². The molecule has 0 aromatic heterocycles. The van der Waals surface area contributed by atoms with Gasteiger partial charge in [-0.3, -0.25) is 4.90 Å². The number of alkyl halides is 1. The predicted octanol–water partition coefficient (Wildman–Crippen LogP) is 2.11. The third-order valence-corrected chi connectivity index (χ3v) is 2.70. The molecule has 0 aliphatic carbocycles. The van der Waals surface area contributed by atoms with E-state index in [2.05, 4.69) is 24.0 Å². The first-order chi connectivity index (χ1) is 7.26. The molecule has 84 valence electrons. The molecule has 15 heavy (non-hydrogen) atoms. The van der Waals surface area contributed by atoms with E-state index in [0.29, 0.717) is 12.4 Å². The van der Waals surface area contributed by atoms with E-state index >= 15 is 0 Å². The van der Waals surface area contributed by atoms with Crippen LogP contribution in [0.2, 0.25) is 0 Å². The third-order valence-electron chi connectivity index (χ3n) is 2.34. The van der Waals surface area contributed by atoms with Gasteiger partial charge in [-0.1, -0.05) is 37.3 Å². The zero-order valence-corrected chi connectivity index (χ0v) is 9.82. The van der Waals surface area contributed by atoms with Gasteiger partial charge in [-0.05, 0) is 12.1 Å². The lowest BCUT2D eigenvalue weighted by atomic mass is 10.2. The summed E-state index contributed by atoms with van der Waals surface area (Å²) in [6.45, 7) is 4.51. The normalized spacial score (nSPS) is 13.1. The fourth-order valence-electron chi connectivity index (χ4n) is 1.49. The number of halogens is 1. The second kappa shape index (κ2) is 6.83. The zero-order chi connectivity index (χ0) is 11.1. The van der Waals surface area contributed by atoms with Gasteiger partial charge in [-0.15, -0.1) is 11.6 Å². The number of hydrogen-bond donors (Lipinski definition) is 1. The molecule has 0 bridgehead atoms. The van der Waals surface area contributed by atoms with Gasteiger partial charge in [0.1, 0.15) is 0 Å². The number of benzene rings is 1. The van der Waals surface area contributed by atoms with E-state index in [9.17, 15) is 5.11 Å². The summed E-state index contributed by atoms with van der Waals surface area (Å²) in [5, 5.41) is 9.46. The minimum Gasteiger partial charge on any atom is -0.391 e. The molecule has 0 spiro atoms. The van der Waals surface area contributed by atoms with E-state index < -0.39 is 6.10 Å². The van der Waals surface area contributed by atoms with E-state index in [1.54, 1.807) is 0 Å². The fraction of sp³-hybridized carbons (Fsp3) is 0.500. The van der Waals surface area contributed by atoms with E-state index in [1.807, 2.05) is 18.2 Å². The third kappa shape index (κ3) is 4.65. The highest BCUT2D eigenvalue weighted by Crippen LogP contribution is 2.05. The molecule has 0 heterocycles. The van der Waals surface area contributed by atoms with Crippen molar-refractivity contribution in [3.05, 3.63) is 35.9 Å². The number of nitrogens with zero attached hydrogens (tertiary/aromatic N) is 1. The van der Waals surface area contributed by atoms with Gasteiger partial charge < -0.3 is 5.11 Å². The Kier molecular flexibility index (Phi) is 5.69. The molecule has 3 heteroatoms. The molecule has 2 nitrogen and oxygen atoms in total. The Bertz CT molecular complexity index is 266. The van der Waals surface area contributed by atoms with Gasteiger partial charge in [0.15, 0.2) is 0 Å². The number of rotatable bonds is 6. The Morgan fingerprint density at radius 1 is 1.33 bits per heavy atom. The first-order valence-electron chi connectivity index (χ1n) is 5.26. The molecular formula is C12H18ClNO. The zero-order valence-electron chi connectivity index (χ0n) is 9.06. The van der Waals surface area contributed by atoms with Crippen molar-refractivity contribution in [2.24, 2.45) is 0 Å². The first-order valence-corrected chi connectivity index (χ1v) is 5.80. The average molecular weight is 228 g/mol. The summed E-state index contributed by atoms with van der Waals surface area (Å²) in [4.78, 5) is 2.18. The van der Waals surface area contributed by atoms with Crippen LogP contribution < -0.4 is 0 Å². The minimum atomic E-state index is -0.435. The van der Waals surface area contributed by atoms with Crippen molar-refractivity contribution in [1.82, 2.24) is 4.90 Å². The summed E-state index contributed by atoms with van der Waals surface area (Å²) in [5.41, 5.74) is 1.26. The van der Waals surface area contributed by atoms with Crippen molar-refractivity contribution in [2.75, 3.05) is 19.0 Å². The lowest BCUT2D eigenvalue weighted by Crippen LogP contribution is -2.32. The van der Waals surface area contributed by atoms with Crippen LogP contribution in [0.3, 0.4) is 0 Å². The van der Waals surface area contributed by atoms with Crippen LogP contribution in [0.25, 0.3) is 0 Å². The largest absolute Gasteiger partial charge is 0.391 e. The summed E-state index contributed by atoms with van der Waals surface area (Å²) in [6, 6.07) is 10.3. The fourth-order valence-corrected chi connectivity index (χ4v) is 1.59. The van der Waals surface area contributed by atoms with Crippen LogP contribution in [0.5, 0.6) is 0 Å². The van der Waals surface area contributed by atoms with Gasteiger partial charge in [0.25, 0.3) is 0 Å². The molecule has 1 unspecified atom stereocenters. The Hall–Kier alpha value is -0.570. The van der Waals surface area contributed by atoms with Crippen molar-refractivity contribution in [2.45, 2.75) is 19.6 Å². The first kappa shape index (κ1) is 12.5. The summed E-state index contributed by atoms with van der Waals surface area (Å²) in [6.07, 6.45) is -0.435. The van der Waals surface area contributed by atoms with Gasteiger partial charge in [-0.2, -0.15) is 0 Å². The minimum absolute atomic E-state index is 0.297. The average Bonchev–Trinajstić information content (AvgIpc) is 2.29. The number of aliphatic hydroxyl groups is 1. The molecule has 1 aromatic carbocycles.